The van der Waals surface area contributed by atoms with Gasteiger partial charge in [0.15, 0.2) is 0 Å². The molecule has 0 N–H and O–H groups in total. The van der Waals surface area contributed by atoms with Crippen LogP contribution < -0.4 is 0 Å². The van der Waals surface area contributed by atoms with Gasteiger partial charge in [0.1, 0.15) is 18.2 Å². The molecule has 0 bridgehead atoms. The quantitative estimate of drug-likeness (QED) is 0.666. The van der Waals surface area contributed by atoms with Gasteiger partial charge >= 0.3 is 5.97 Å². The van der Waals surface area contributed by atoms with Crippen LogP contribution in [0.25, 0.3) is 11.1 Å². The Morgan fingerprint density at radius 2 is 1.56 bits per heavy atom. The van der Waals surface area contributed by atoms with Crippen LogP contribution in [-0.4, -0.2) is 5.97 Å². The van der Waals surface area contributed by atoms with E-state index >= 15 is 0 Å². The molecule has 0 saturated carbocycles. The molecule has 0 aliphatic carbocycles. The molecule has 0 saturated heterocycles. The van der Waals surface area contributed by atoms with Crippen molar-refractivity contribution in [3.63, 3.8) is 0 Å². The summed E-state index contributed by atoms with van der Waals surface area (Å²) < 4.78 is 31.7. The highest BCUT2D eigenvalue weighted by Crippen LogP contribution is 2.32. The lowest BCUT2D eigenvalue weighted by molar-refractivity contribution is 0.0479. The summed E-state index contributed by atoms with van der Waals surface area (Å²) in [5, 5.41) is 0. The van der Waals surface area contributed by atoms with Crippen LogP contribution in [-0.2, 0) is 11.3 Å². The molecule has 0 fully saturated rings. The molecule has 1 heterocycles. The summed E-state index contributed by atoms with van der Waals surface area (Å²) in [5.74, 6) is -1.43. The van der Waals surface area contributed by atoms with E-state index in [9.17, 15) is 13.6 Å². The van der Waals surface area contributed by atoms with E-state index in [1.54, 1.807) is 0 Å². The molecule has 2 aromatic carbocycles. The van der Waals surface area contributed by atoms with Gasteiger partial charge in [0.05, 0.1) is 5.56 Å². The maximum atomic E-state index is 13.3. The fraction of sp³-hybridized carbons (Fsp3) is 0.0714. The number of esters is 1. The summed E-state index contributed by atoms with van der Waals surface area (Å²) in [4.78, 5) is 11.7. The second-order valence-electron chi connectivity index (χ2n) is 4.07. The lowest BCUT2D eigenvalue weighted by Gasteiger charge is -2.07. The van der Waals surface area contributed by atoms with Crippen LogP contribution in [0.4, 0.5) is 8.78 Å². The van der Waals surface area contributed by atoms with Crippen LogP contribution in [0.3, 0.4) is 0 Å². The second-order valence-corrected chi connectivity index (χ2v) is 4.07. The third-order valence-corrected chi connectivity index (χ3v) is 2.92. The molecule has 90 valence electrons. The summed E-state index contributed by atoms with van der Waals surface area (Å²) in [5.41, 5.74) is 1.78. The summed E-state index contributed by atoms with van der Waals surface area (Å²) in [7, 11) is 0. The van der Waals surface area contributed by atoms with E-state index in [0.29, 0.717) is 16.7 Å². The van der Waals surface area contributed by atoms with Crippen molar-refractivity contribution in [2.24, 2.45) is 0 Å². The highest BCUT2D eigenvalue weighted by molar-refractivity contribution is 5.98. The first-order chi connectivity index (χ1) is 8.65. The lowest BCUT2D eigenvalue weighted by Crippen LogP contribution is -2.03. The Labute approximate surface area is 102 Å². The number of hydrogen-bond acceptors (Lipinski definition) is 2. The molecule has 0 unspecified atom stereocenters. The SMILES string of the molecule is O=C1OCc2ccc(F)cc2-c2cc(F)ccc21. The van der Waals surface area contributed by atoms with Gasteiger partial charge < -0.3 is 4.74 Å². The maximum Gasteiger partial charge on any atom is 0.339 e. The second kappa shape index (κ2) is 3.91. The molecule has 0 atom stereocenters. The Balaban J connectivity index is 2.34. The van der Waals surface area contributed by atoms with E-state index in [4.69, 9.17) is 4.74 Å². The summed E-state index contributed by atoms with van der Waals surface area (Å²) >= 11 is 0. The highest BCUT2D eigenvalue weighted by atomic mass is 19.1. The van der Waals surface area contributed by atoms with Gasteiger partial charge in [-0.2, -0.15) is 0 Å². The topological polar surface area (TPSA) is 26.3 Å². The van der Waals surface area contributed by atoms with Crippen molar-refractivity contribution in [2.45, 2.75) is 6.61 Å². The molecular weight excluding hydrogens is 238 g/mol. The number of rotatable bonds is 0. The number of hydrogen-bond donors (Lipinski definition) is 0. The zero-order valence-electron chi connectivity index (χ0n) is 9.24. The van der Waals surface area contributed by atoms with E-state index in [2.05, 4.69) is 0 Å². The van der Waals surface area contributed by atoms with Crippen LogP contribution in [0.2, 0.25) is 0 Å². The minimum Gasteiger partial charge on any atom is -0.457 e. The van der Waals surface area contributed by atoms with Crippen molar-refractivity contribution in [3.8, 4) is 11.1 Å². The number of benzene rings is 2. The van der Waals surface area contributed by atoms with E-state index < -0.39 is 17.6 Å². The summed E-state index contributed by atoms with van der Waals surface area (Å²) in [6.07, 6.45) is 0. The van der Waals surface area contributed by atoms with Crippen LogP contribution in [0.15, 0.2) is 36.4 Å². The first kappa shape index (κ1) is 10.9. The number of carbonyl (C=O) groups excluding carboxylic acids is 1. The van der Waals surface area contributed by atoms with Gasteiger partial charge in [-0.15, -0.1) is 0 Å². The average molecular weight is 246 g/mol. The first-order valence-corrected chi connectivity index (χ1v) is 5.40. The summed E-state index contributed by atoms with van der Waals surface area (Å²) in [6, 6.07) is 7.88. The largest absolute Gasteiger partial charge is 0.457 e. The number of cyclic esters (lactones) is 1. The molecule has 1 aliphatic rings. The van der Waals surface area contributed by atoms with E-state index in [0.717, 1.165) is 0 Å². The van der Waals surface area contributed by atoms with Crippen LogP contribution in [0.5, 0.6) is 0 Å². The summed E-state index contributed by atoms with van der Waals surface area (Å²) in [6.45, 7) is 0.0603. The van der Waals surface area contributed by atoms with Crippen molar-refractivity contribution < 1.29 is 18.3 Å². The zero-order valence-corrected chi connectivity index (χ0v) is 9.24. The van der Waals surface area contributed by atoms with Gasteiger partial charge in [0, 0.05) is 0 Å². The Morgan fingerprint density at radius 3 is 2.33 bits per heavy atom. The molecule has 1 aliphatic heterocycles. The van der Waals surface area contributed by atoms with Gasteiger partial charge in [-0.3, -0.25) is 0 Å². The van der Waals surface area contributed by atoms with Gasteiger partial charge in [-0.1, -0.05) is 6.07 Å². The molecule has 4 heteroatoms. The third-order valence-electron chi connectivity index (χ3n) is 2.92. The third kappa shape index (κ3) is 1.66. The Hall–Kier alpha value is -2.23. The maximum absolute atomic E-state index is 13.3. The average Bonchev–Trinajstić information content (AvgIpc) is 2.48. The molecule has 0 aromatic heterocycles. The fourth-order valence-corrected chi connectivity index (χ4v) is 2.06. The van der Waals surface area contributed by atoms with Crippen LogP contribution in [0.1, 0.15) is 15.9 Å². The van der Waals surface area contributed by atoms with Crippen molar-refractivity contribution in [3.05, 3.63) is 59.2 Å². The van der Waals surface area contributed by atoms with Crippen molar-refractivity contribution in [1.82, 2.24) is 0 Å². The molecule has 2 aromatic rings. The van der Waals surface area contributed by atoms with Gasteiger partial charge in [0.2, 0.25) is 0 Å². The highest BCUT2D eigenvalue weighted by Gasteiger charge is 2.22. The molecule has 0 radical (unpaired) electrons. The predicted octanol–water partition coefficient (Wildman–Crippen LogP) is 3.30. The van der Waals surface area contributed by atoms with Crippen molar-refractivity contribution in [1.29, 1.82) is 0 Å². The molecule has 2 nitrogen and oxygen atoms in total. The van der Waals surface area contributed by atoms with E-state index in [-0.39, 0.29) is 12.2 Å². The van der Waals surface area contributed by atoms with Crippen LogP contribution >= 0.6 is 0 Å². The molecule has 3 rings (SSSR count). The number of fused-ring (bicyclic) bond motifs is 3. The van der Waals surface area contributed by atoms with Gasteiger partial charge in [0.25, 0.3) is 0 Å². The van der Waals surface area contributed by atoms with E-state index in [1.807, 2.05) is 0 Å². The molecular formula is C14H8F2O2. The zero-order chi connectivity index (χ0) is 12.7. The van der Waals surface area contributed by atoms with Gasteiger partial charge in [-0.25, -0.2) is 13.6 Å². The van der Waals surface area contributed by atoms with Gasteiger partial charge in [-0.05, 0) is 47.0 Å². The fourth-order valence-electron chi connectivity index (χ4n) is 2.06. The van der Waals surface area contributed by atoms with Crippen molar-refractivity contribution in [2.75, 3.05) is 0 Å². The Kier molecular flexibility index (Phi) is 2.37. The molecule has 0 spiro atoms. The Bertz CT molecular complexity index is 650. The molecule has 0 amide bonds. The smallest absolute Gasteiger partial charge is 0.339 e. The Morgan fingerprint density at radius 1 is 0.889 bits per heavy atom. The lowest BCUT2D eigenvalue weighted by atomic mass is 9.96. The van der Waals surface area contributed by atoms with Crippen LogP contribution in [0, 0.1) is 11.6 Å². The minimum atomic E-state index is -0.526. The normalized spacial score (nSPS) is 13.3. The van der Waals surface area contributed by atoms with E-state index in [1.165, 1.54) is 36.4 Å². The standard InChI is InChI=1S/C14H8F2O2/c15-9-2-1-8-7-18-14(17)11-4-3-10(16)6-13(11)12(8)5-9/h1-6H,7H2. The number of halogens is 2. The predicted molar refractivity (Wildman–Crippen MR) is 60.9 cm³/mol. The van der Waals surface area contributed by atoms with Crippen molar-refractivity contribution >= 4 is 5.97 Å². The molecule has 18 heavy (non-hydrogen) atoms. The minimum absolute atomic E-state index is 0.0603. The monoisotopic (exact) mass is 246 g/mol. The number of carbonyl (C=O) groups is 1. The first-order valence-electron chi connectivity index (χ1n) is 5.40. The number of ether oxygens (including phenoxy) is 1.